The van der Waals surface area contributed by atoms with Gasteiger partial charge in [0.1, 0.15) is 0 Å². The number of nitrogens with one attached hydrogen (secondary N) is 1. The Kier molecular flexibility index (Phi) is 4.97. The minimum atomic E-state index is -0.438. The van der Waals surface area contributed by atoms with Crippen molar-refractivity contribution >= 4 is 17.4 Å². The van der Waals surface area contributed by atoms with Crippen molar-refractivity contribution in [1.29, 1.82) is 0 Å². The average Bonchev–Trinajstić information content (AvgIpc) is 2.49. The van der Waals surface area contributed by atoms with Crippen molar-refractivity contribution in [1.82, 2.24) is 4.90 Å². The van der Waals surface area contributed by atoms with E-state index in [1.165, 1.54) is 6.07 Å². The molecule has 0 aromatic heterocycles. The number of rotatable bonds is 3. The number of likely N-dealkylation sites (tertiary alicyclic amines) is 1. The molecule has 0 saturated carbocycles. The van der Waals surface area contributed by atoms with Gasteiger partial charge < -0.3 is 15.0 Å². The number of carbonyl (C=O) groups excluding carboxylic acids is 1. The molecule has 1 fully saturated rings. The highest BCUT2D eigenvalue weighted by Crippen LogP contribution is 2.26. The van der Waals surface area contributed by atoms with Crippen LogP contribution in [0.25, 0.3) is 0 Å². The van der Waals surface area contributed by atoms with Gasteiger partial charge in [0.05, 0.1) is 16.7 Å². The fraction of sp³-hybridized carbons (Fsp3) is 0.533. The average molecular weight is 307 g/mol. The summed E-state index contributed by atoms with van der Waals surface area (Å²) < 4.78 is 5.30. The summed E-state index contributed by atoms with van der Waals surface area (Å²) in [6.45, 7) is 4.71. The topological polar surface area (TPSA) is 84.7 Å². The van der Waals surface area contributed by atoms with E-state index in [2.05, 4.69) is 5.32 Å². The number of nitro benzene ring substituents is 1. The molecule has 1 aromatic carbocycles. The van der Waals surface area contributed by atoms with E-state index in [1.54, 1.807) is 25.0 Å². The molecule has 1 saturated heterocycles. The smallest absolute Gasteiger partial charge is 0.321 e. The first-order valence-electron chi connectivity index (χ1n) is 7.26. The van der Waals surface area contributed by atoms with Crippen molar-refractivity contribution in [3.8, 4) is 0 Å². The summed E-state index contributed by atoms with van der Waals surface area (Å²) >= 11 is 0. The lowest BCUT2D eigenvalue weighted by Gasteiger charge is -2.32. The maximum absolute atomic E-state index is 12.3. The van der Waals surface area contributed by atoms with Gasteiger partial charge in [-0.1, -0.05) is 0 Å². The zero-order valence-electron chi connectivity index (χ0n) is 13.1. The third-order valence-corrected chi connectivity index (χ3v) is 3.98. The lowest BCUT2D eigenvalue weighted by Crippen LogP contribution is -2.44. The largest absolute Gasteiger partial charge is 0.380 e. The number of benzene rings is 1. The Morgan fingerprint density at radius 3 is 2.77 bits per heavy atom. The predicted octanol–water partition coefficient (Wildman–Crippen LogP) is 2.85. The van der Waals surface area contributed by atoms with E-state index in [-0.39, 0.29) is 17.8 Å². The van der Waals surface area contributed by atoms with Crippen LogP contribution >= 0.6 is 0 Å². The lowest BCUT2D eigenvalue weighted by atomic mass is 10.1. The van der Waals surface area contributed by atoms with Gasteiger partial charge in [-0.15, -0.1) is 0 Å². The Balaban J connectivity index is 2.14. The van der Waals surface area contributed by atoms with E-state index in [0.717, 1.165) is 18.4 Å². The van der Waals surface area contributed by atoms with Crippen LogP contribution in [-0.2, 0) is 4.74 Å². The Bertz CT molecular complexity index is 588. The molecule has 0 radical (unpaired) electrons. The second-order valence-corrected chi connectivity index (χ2v) is 5.59. The number of nitro groups is 1. The number of aryl methyl sites for hydroxylation is 2. The van der Waals surface area contributed by atoms with Crippen molar-refractivity contribution in [2.45, 2.75) is 32.8 Å². The molecule has 0 spiro atoms. The van der Waals surface area contributed by atoms with E-state index in [9.17, 15) is 14.9 Å². The van der Waals surface area contributed by atoms with Crippen LogP contribution in [0.4, 0.5) is 16.2 Å². The van der Waals surface area contributed by atoms with Gasteiger partial charge in [0.15, 0.2) is 0 Å². The molecule has 1 N–H and O–H groups in total. The van der Waals surface area contributed by atoms with Gasteiger partial charge in [-0.2, -0.15) is 0 Å². The lowest BCUT2D eigenvalue weighted by molar-refractivity contribution is -0.385. The number of hydrogen-bond donors (Lipinski definition) is 1. The number of anilines is 1. The van der Waals surface area contributed by atoms with Gasteiger partial charge in [0, 0.05) is 31.8 Å². The number of methoxy groups -OCH3 is 1. The second-order valence-electron chi connectivity index (χ2n) is 5.59. The molecule has 0 aliphatic carbocycles. The maximum Gasteiger partial charge on any atom is 0.321 e. The van der Waals surface area contributed by atoms with Crippen molar-refractivity contribution < 1.29 is 14.5 Å². The summed E-state index contributed by atoms with van der Waals surface area (Å²) in [5.41, 5.74) is 1.87. The number of hydrogen-bond acceptors (Lipinski definition) is 4. The monoisotopic (exact) mass is 307 g/mol. The molecule has 1 aliphatic rings. The van der Waals surface area contributed by atoms with Crippen LogP contribution in [0.15, 0.2) is 12.1 Å². The van der Waals surface area contributed by atoms with Crippen LogP contribution < -0.4 is 5.32 Å². The molecule has 0 unspecified atom stereocenters. The Morgan fingerprint density at radius 2 is 2.14 bits per heavy atom. The Hall–Kier alpha value is -2.15. The molecular weight excluding hydrogens is 286 g/mol. The number of carbonyl (C=O) groups is 1. The highest BCUT2D eigenvalue weighted by Gasteiger charge is 2.24. The van der Waals surface area contributed by atoms with Gasteiger partial charge in [-0.3, -0.25) is 10.1 Å². The fourth-order valence-corrected chi connectivity index (χ4v) is 2.68. The summed E-state index contributed by atoms with van der Waals surface area (Å²) in [4.78, 5) is 24.6. The van der Waals surface area contributed by atoms with Crippen LogP contribution in [-0.4, -0.2) is 42.2 Å². The number of urea groups is 1. The highest BCUT2D eigenvalue weighted by atomic mass is 16.6. The predicted molar refractivity (Wildman–Crippen MR) is 83.2 cm³/mol. The van der Waals surface area contributed by atoms with E-state index >= 15 is 0 Å². The molecule has 22 heavy (non-hydrogen) atoms. The fourth-order valence-electron chi connectivity index (χ4n) is 2.68. The van der Waals surface area contributed by atoms with Crippen LogP contribution in [0.5, 0.6) is 0 Å². The van der Waals surface area contributed by atoms with Crippen LogP contribution in [0.2, 0.25) is 0 Å². The number of ether oxygens (including phenoxy) is 1. The van der Waals surface area contributed by atoms with Crippen LogP contribution in [0.3, 0.4) is 0 Å². The minimum absolute atomic E-state index is 0.00862. The van der Waals surface area contributed by atoms with E-state index < -0.39 is 4.92 Å². The SMILES string of the molecule is CO[C@@H]1CCCN(C(=O)Nc2cc([N+](=O)[O-])c(C)cc2C)C1. The van der Waals surface area contributed by atoms with Gasteiger partial charge in [0.2, 0.25) is 0 Å². The molecule has 120 valence electrons. The van der Waals surface area contributed by atoms with Gasteiger partial charge in [-0.05, 0) is 38.3 Å². The zero-order valence-corrected chi connectivity index (χ0v) is 13.1. The van der Waals surface area contributed by atoms with Gasteiger partial charge >= 0.3 is 6.03 Å². The van der Waals surface area contributed by atoms with Crippen molar-refractivity contribution in [3.05, 3.63) is 33.4 Å². The Labute approximate surface area is 129 Å². The summed E-state index contributed by atoms with van der Waals surface area (Å²) in [5.74, 6) is 0. The maximum atomic E-state index is 12.3. The normalized spacial score (nSPS) is 18.1. The van der Waals surface area contributed by atoms with E-state index in [1.807, 2.05) is 6.92 Å². The summed E-state index contributed by atoms with van der Waals surface area (Å²) in [5, 5.41) is 13.8. The molecule has 1 atom stereocenters. The molecule has 7 nitrogen and oxygen atoms in total. The quantitative estimate of drug-likeness (QED) is 0.687. The number of nitrogens with zero attached hydrogens (tertiary/aromatic N) is 2. The molecule has 0 bridgehead atoms. The molecule has 2 rings (SSSR count). The van der Waals surface area contributed by atoms with Crippen LogP contribution in [0, 0.1) is 24.0 Å². The molecule has 1 aromatic rings. The molecule has 7 heteroatoms. The zero-order chi connectivity index (χ0) is 16.3. The van der Waals surface area contributed by atoms with E-state index in [0.29, 0.717) is 24.3 Å². The van der Waals surface area contributed by atoms with Crippen molar-refractivity contribution in [2.75, 3.05) is 25.5 Å². The molecule has 1 heterocycles. The van der Waals surface area contributed by atoms with Gasteiger partial charge in [0.25, 0.3) is 5.69 Å². The molecule has 2 amide bonds. The summed E-state index contributed by atoms with van der Waals surface area (Å²) in [6.07, 6.45) is 1.88. The first kappa shape index (κ1) is 16.2. The Morgan fingerprint density at radius 1 is 1.41 bits per heavy atom. The van der Waals surface area contributed by atoms with E-state index in [4.69, 9.17) is 4.74 Å². The number of piperidine rings is 1. The second kappa shape index (κ2) is 6.74. The first-order chi connectivity index (χ1) is 10.4. The summed E-state index contributed by atoms with van der Waals surface area (Å²) in [7, 11) is 1.64. The van der Waals surface area contributed by atoms with Crippen molar-refractivity contribution in [2.24, 2.45) is 0 Å². The minimum Gasteiger partial charge on any atom is -0.380 e. The molecular formula is C15H21N3O4. The van der Waals surface area contributed by atoms with Crippen molar-refractivity contribution in [3.63, 3.8) is 0 Å². The first-order valence-corrected chi connectivity index (χ1v) is 7.26. The highest BCUT2D eigenvalue weighted by molar-refractivity contribution is 5.90. The standard InChI is InChI=1S/C15H21N3O4/c1-10-7-11(2)14(18(20)21)8-13(10)16-15(19)17-6-4-5-12(9-17)22-3/h7-8,12H,4-6,9H2,1-3H3,(H,16,19)/t12-/m1/s1. The molecule has 1 aliphatic heterocycles. The third-order valence-electron chi connectivity index (χ3n) is 3.98. The summed E-state index contributed by atoms with van der Waals surface area (Å²) in [6, 6.07) is 2.88. The third kappa shape index (κ3) is 3.54. The van der Waals surface area contributed by atoms with Crippen LogP contribution in [0.1, 0.15) is 24.0 Å². The van der Waals surface area contributed by atoms with Gasteiger partial charge in [-0.25, -0.2) is 4.79 Å². The number of amides is 2.